The molecule has 0 saturated heterocycles. The van der Waals surface area contributed by atoms with Crippen LogP contribution >= 0.6 is 0 Å². The van der Waals surface area contributed by atoms with Gasteiger partial charge in [-0.2, -0.15) is 0 Å². The minimum absolute atomic E-state index is 0.0710. The molecule has 2 rings (SSSR count). The molecule has 2 aromatic rings. The van der Waals surface area contributed by atoms with Crippen molar-refractivity contribution in [1.82, 2.24) is 5.32 Å². The predicted molar refractivity (Wildman–Crippen MR) is 69.2 cm³/mol. The number of likely N-dealkylation sites (N-methyl/N-ethyl adjacent to an activating group) is 1. The van der Waals surface area contributed by atoms with Crippen LogP contribution in [0.3, 0.4) is 0 Å². The molecule has 0 aliphatic rings. The van der Waals surface area contributed by atoms with E-state index in [1.54, 1.807) is 7.11 Å². The van der Waals surface area contributed by atoms with Crippen molar-refractivity contribution >= 4 is 11.0 Å². The Balaban J connectivity index is 2.41. The maximum absolute atomic E-state index is 5.86. The number of rotatable bonds is 4. The van der Waals surface area contributed by atoms with Crippen molar-refractivity contribution in [1.29, 1.82) is 0 Å². The van der Waals surface area contributed by atoms with E-state index >= 15 is 0 Å². The largest absolute Gasteiger partial charge is 0.459 e. The first-order valence-corrected chi connectivity index (χ1v) is 5.86. The lowest BCUT2D eigenvalue weighted by atomic mass is 10.1. The number of aryl methyl sites for hydroxylation is 1. The monoisotopic (exact) mass is 233 g/mol. The van der Waals surface area contributed by atoms with Crippen LogP contribution in [-0.2, 0) is 4.74 Å². The van der Waals surface area contributed by atoms with E-state index < -0.39 is 0 Å². The smallest absolute Gasteiger partial charge is 0.134 e. The molecule has 0 aliphatic carbocycles. The van der Waals surface area contributed by atoms with Gasteiger partial charge in [0, 0.05) is 12.5 Å². The highest BCUT2D eigenvalue weighted by molar-refractivity contribution is 5.78. The summed E-state index contributed by atoms with van der Waals surface area (Å²) >= 11 is 0. The number of methoxy groups -OCH3 is 1. The number of fused-ring (bicyclic) bond motifs is 1. The molecule has 1 aromatic heterocycles. The molecule has 3 heteroatoms. The Bertz CT molecular complexity index is 504. The molecule has 1 aromatic carbocycles. The van der Waals surface area contributed by atoms with E-state index in [2.05, 4.69) is 30.4 Å². The highest BCUT2D eigenvalue weighted by Crippen LogP contribution is 2.27. The molecule has 0 bridgehead atoms. The summed E-state index contributed by atoms with van der Waals surface area (Å²) in [6.45, 7) is 4.11. The van der Waals surface area contributed by atoms with Gasteiger partial charge in [0.15, 0.2) is 0 Å². The average Bonchev–Trinajstić information content (AvgIpc) is 2.72. The van der Waals surface area contributed by atoms with E-state index in [9.17, 15) is 0 Å². The lowest BCUT2D eigenvalue weighted by molar-refractivity contribution is 0.0788. The minimum atomic E-state index is 0.0710. The first-order chi connectivity index (χ1) is 8.15. The van der Waals surface area contributed by atoms with Gasteiger partial charge in [0.2, 0.25) is 0 Å². The minimum Gasteiger partial charge on any atom is -0.459 e. The number of nitrogens with one attached hydrogen (secondary N) is 1. The van der Waals surface area contributed by atoms with Crippen molar-refractivity contribution in [2.45, 2.75) is 26.0 Å². The third-order valence-corrected chi connectivity index (χ3v) is 3.15. The van der Waals surface area contributed by atoms with Gasteiger partial charge >= 0.3 is 0 Å². The fourth-order valence-corrected chi connectivity index (χ4v) is 2.08. The number of ether oxygens (including phenoxy) is 1. The predicted octanol–water partition coefficient (Wildman–Crippen LogP) is 3.04. The number of hydrogen-bond acceptors (Lipinski definition) is 3. The quantitative estimate of drug-likeness (QED) is 0.881. The van der Waals surface area contributed by atoms with Crippen molar-refractivity contribution in [3.63, 3.8) is 0 Å². The van der Waals surface area contributed by atoms with Gasteiger partial charge in [-0.3, -0.25) is 0 Å². The molecule has 0 spiro atoms. The van der Waals surface area contributed by atoms with Crippen LogP contribution in [0.1, 0.15) is 24.3 Å². The zero-order valence-corrected chi connectivity index (χ0v) is 10.8. The van der Waals surface area contributed by atoms with Crippen LogP contribution in [0.2, 0.25) is 0 Å². The first kappa shape index (κ1) is 12.1. The maximum atomic E-state index is 5.86. The highest BCUT2D eigenvalue weighted by atomic mass is 16.5. The molecular formula is C14H19NO2. The van der Waals surface area contributed by atoms with Gasteiger partial charge in [-0.05, 0) is 39.1 Å². The Hall–Kier alpha value is -1.32. The van der Waals surface area contributed by atoms with Gasteiger partial charge in [-0.15, -0.1) is 0 Å². The molecular weight excluding hydrogens is 214 g/mol. The highest BCUT2D eigenvalue weighted by Gasteiger charge is 2.20. The zero-order valence-electron chi connectivity index (χ0n) is 10.8. The molecule has 2 unspecified atom stereocenters. The maximum Gasteiger partial charge on any atom is 0.134 e. The van der Waals surface area contributed by atoms with E-state index in [4.69, 9.17) is 9.15 Å². The van der Waals surface area contributed by atoms with Crippen molar-refractivity contribution in [3.8, 4) is 0 Å². The summed E-state index contributed by atoms with van der Waals surface area (Å²) in [7, 11) is 3.63. The average molecular weight is 233 g/mol. The third kappa shape index (κ3) is 2.35. The van der Waals surface area contributed by atoms with E-state index in [1.807, 2.05) is 20.0 Å². The molecule has 92 valence electrons. The summed E-state index contributed by atoms with van der Waals surface area (Å²) in [5.41, 5.74) is 2.17. The lowest BCUT2D eigenvalue weighted by Gasteiger charge is -2.19. The number of benzene rings is 1. The van der Waals surface area contributed by atoms with Crippen LogP contribution in [-0.4, -0.2) is 20.3 Å². The van der Waals surface area contributed by atoms with E-state index in [0.717, 1.165) is 16.7 Å². The zero-order chi connectivity index (χ0) is 12.4. The first-order valence-electron chi connectivity index (χ1n) is 5.86. The van der Waals surface area contributed by atoms with Gasteiger partial charge in [0.25, 0.3) is 0 Å². The molecule has 0 amide bonds. The molecule has 3 nitrogen and oxygen atoms in total. The number of hydrogen-bond donors (Lipinski definition) is 1. The van der Waals surface area contributed by atoms with Crippen LogP contribution < -0.4 is 5.32 Å². The van der Waals surface area contributed by atoms with Crippen molar-refractivity contribution in [2.24, 2.45) is 0 Å². The second kappa shape index (κ2) is 4.90. The fraction of sp³-hybridized carbons (Fsp3) is 0.429. The SMILES string of the molecule is CNC(c1cc2cc(C)ccc2o1)C(C)OC. The topological polar surface area (TPSA) is 34.4 Å². The molecule has 0 fully saturated rings. The Labute approximate surface area is 102 Å². The molecule has 2 atom stereocenters. The summed E-state index contributed by atoms with van der Waals surface area (Å²) in [5, 5.41) is 4.37. The molecule has 1 N–H and O–H groups in total. The Morgan fingerprint density at radius 2 is 2.06 bits per heavy atom. The summed E-state index contributed by atoms with van der Waals surface area (Å²) in [6.07, 6.45) is 0.0710. The molecule has 17 heavy (non-hydrogen) atoms. The van der Waals surface area contributed by atoms with E-state index in [1.165, 1.54) is 5.56 Å². The van der Waals surface area contributed by atoms with E-state index in [-0.39, 0.29) is 12.1 Å². The Morgan fingerprint density at radius 1 is 1.29 bits per heavy atom. The second-order valence-corrected chi connectivity index (χ2v) is 4.40. The molecule has 1 heterocycles. The lowest BCUT2D eigenvalue weighted by Crippen LogP contribution is -2.28. The number of furan rings is 1. The van der Waals surface area contributed by atoms with Crippen LogP contribution in [0.15, 0.2) is 28.7 Å². The van der Waals surface area contributed by atoms with Crippen molar-refractivity contribution < 1.29 is 9.15 Å². The summed E-state index contributed by atoms with van der Waals surface area (Å²) in [6, 6.07) is 8.36. The van der Waals surface area contributed by atoms with Crippen LogP contribution in [0, 0.1) is 6.92 Å². The standard InChI is InChI=1S/C14H19NO2/c1-9-5-6-12-11(7-9)8-13(17-12)14(15-3)10(2)16-4/h5-8,10,14-15H,1-4H3. The van der Waals surface area contributed by atoms with Gasteiger partial charge in [0.1, 0.15) is 11.3 Å². The summed E-state index contributed by atoms with van der Waals surface area (Å²) < 4.78 is 11.2. The fourth-order valence-electron chi connectivity index (χ4n) is 2.08. The molecule has 0 radical (unpaired) electrons. The normalized spacial score (nSPS) is 15.1. The third-order valence-electron chi connectivity index (χ3n) is 3.15. The summed E-state index contributed by atoms with van der Waals surface area (Å²) in [5.74, 6) is 0.919. The van der Waals surface area contributed by atoms with E-state index in [0.29, 0.717) is 0 Å². The summed E-state index contributed by atoms with van der Waals surface area (Å²) in [4.78, 5) is 0. The van der Waals surface area contributed by atoms with Crippen LogP contribution in [0.4, 0.5) is 0 Å². The van der Waals surface area contributed by atoms with Crippen LogP contribution in [0.25, 0.3) is 11.0 Å². The Morgan fingerprint density at radius 3 is 2.71 bits per heavy atom. The Kier molecular flexibility index (Phi) is 3.50. The van der Waals surface area contributed by atoms with Gasteiger partial charge in [-0.1, -0.05) is 11.6 Å². The molecule has 0 aliphatic heterocycles. The van der Waals surface area contributed by atoms with Crippen LogP contribution in [0.5, 0.6) is 0 Å². The second-order valence-electron chi connectivity index (χ2n) is 4.40. The molecule has 0 saturated carbocycles. The van der Waals surface area contributed by atoms with Gasteiger partial charge in [-0.25, -0.2) is 0 Å². The van der Waals surface area contributed by atoms with Crippen molar-refractivity contribution in [2.75, 3.05) is 14.2 Å². The van der Waals surface area contributed by atoms with Crippen molar-refractivity contribution in [3.05, 3.63) is 35.6 Å². The van der Waals surface area contributed by atoms with Gasteiger partial charge < -0.3 is 14.5 Å². The van der Waals surface area contributed by atoms with Gasteiger partial charge in [0.05, 0.1) is 12.1 Å².